The van der Waals surface area contributed by atoms with Gasteiger partial charge in [-0.1, -0.05) is 36.4 Å². The van der Waals surface area contributed by atoms with Gasteiger partial charge in [0.1, 0.15) is 11.6 Å². The van der Waals surface area contributed by atoms with Crippen LogP contribution in [0.1, 0.15) is 17.0 Å². The first-order chi connectivity index (χ1) is 14.4. The zero-order valence-electron chi connectivity index (χ0n) is 15.4. The number of halogens is 4. The number of imidazole rings is 1. The molecular formula is C22H15F4N3S. The molecular weight excluding hydrogens is 414 g/mol. The lowest BCUT2D eigenvalue weighted by Crippen LogP contribution is -2.08. The summed E-state index contributed by atoms with van der Waals surface area (Å²) in [6.07, 6.45) is -2.03. The third-order valence-corrected chi connectivity index (χ3v) is 5.19. The largest absolute Gasteiger partial charge is 0.419 e. The van der Waals surface area contributed by atoms with Crippen LogP contribution in [0.25, 0.3) is 34.3 Å². The van der Waals surface area contributed by atoms with E-state index in [2.05, 4.69) is 9.97 Å². The SMILES string of the molecule is NSc1ccccc1-c1ccc2nc(/C=C/c3cccc(C(F)(F)F)c3F)[nH]c2c1. The standard InChI is InChI=1S/C22H15F4N3S/c23-21-13(4-3-6-16(21)22(24,25)26)9-11-20-28-17-10-8-14(12-18(17)29-20)15-5-1-2-7-19(15)30-27/h1-12H,27H2,(H,28,29)/b11-9+. The summed E-state index contributed by atoms with van der Waals surface area (Å²) in [6.45, 7) is 0. The second-order valence-electron chi connectivity index (χ2n) is 6.51. The first-order valence-corrected chi connectivity index (χ1v) is 9.74. The predicted molar refractivity (Wildman–Crippen MR) is 112 cm³/mol. The first kappa shape index (κ1) is 20.2. The maximum atomic E-state index is 14.2. The van der Waals surface area contributed by atoms with Crippen molar-refractivity contribution in [2.75, 3.05) is 0 Å². The minimum atomic E-state index is -4.75. The van der Waals surface area contributed by atoms with Crippen molar-refractivity contribution in [3.05, 3.63) is 83.4 Å². The summed E-state index contributed by atoms with van der Waals surface area (Å²) < 4.78 is 52.8. The van der Waals surface area contributed by atoms with Crippen LogP contribution in [0.15, 0.2) is 65.6 Å². The molecule has 0 radical (unpaired) electrons. The molecule has 0 saturated carbocycles. The molecule has 1 heterocycles. The van der Waals surface area contributed by atoms with E-state index in [1.807, 2.05) is 42.5 Å². The smallest absolute Gasteiger partial charge is 0.338 e. The highest BCUT2D eigenvalue weighted by atomic mass is 32.2. The Morgan fingerprint density at radius 3 is 2.53 bits per heavy atom. The minimum absolute atomic E-state index is 0.167. The van der Waals surface area contributed by atoms with E-state index in [1.165, 1.54) is 24.3 Å². The number of aromatic nitrogens is 2. The molecule has 3 N–H and O–H groups in total. The van der Waals surface area contributed by atoms with Crippen molar-refractivity contribution in [1.29, 1.82) is 0 Å². The molecule has 0 aliphatic heterocycles. The average Bonchev–Trinajstić information content (AvgIpc) is 3.14. The third-order valence-electron chi connectivity index (χ3n) is 4.58. The Labute approximate surface area is 173 Å². The molecule has 1 aromatic heterocycles. The van der Waals surface area contributed by atoms with E-state index < -0.39 is 17.6 Å². The fraction of sp³-hybridized carbons (Fsp3) is 0.0455. The Kier molecular flexibility index (Phi) is 5.36. The second kappa shape index (κ2) is 7.97. The van der Waals surface area contributed by atoms with E-state index in [9.17, 15) is 17.6 Å². The van der Waals surface area contributed by atoms with Crippen LogP contribution in [0.2, 0.25) is 0 Å². The average molecular weight is 429 g/mol. The van der Waals surface area contributed by atoms with Gasteiger partial charge in [-0.3, -0.25) is 5.14 Å². The molecule has 0 fully saturated rings. The molecule has 0 aliphatic rings. The number of aromatic amines is 1. The number of alkyl halides is 3. The van der Waals surface area contributed by atoms with E-state index >= 15 is 0 Å². The summed E-state index contributed by atoms with van der Waals surface area (Å²) in [5, 5.41) is 5.74. The summed E-state index contributed by atoms with van der Waals surface area (Å²) >= 11 is 1.16. The van der Waals surface area contributed by atoms with Gasteiger partial charge in [-0.2, -0.15) is 13.2 Å². The van der Waals surface area contributed by atoms with Gasteiger partial charge >= 0.3 is 6.18 Å². The van der Waals surface area contributed by atoms with Crippen LogP contribution < -0.4 is 5.14 Å². The number of benzene rings is 3. The van der Waals surface area contributed by atoms with E-state index in [0.29, 0.717) is 17.4 Å². The normalized spacial score (nSPS) is 12.2. The molecule has 30 heavy (non-hydrogen) atoms. The van der Waals surface area contributed by atoms with Crippen molar-refractivity contribution >= 4 is 35.1 Å². The van der Waals surface area contributed by atoms with Crippen LogP contribution in [0, 0.1) is 5.82 Å². The van der Waals surface area contributed by atoms with Crippen molar-refractivity contribution < 1.29 is 17.6 Å². The fourth-order valence-corrected chi connectivity index (χ4v) is 3.62. The minimum Gasteiger partial charge on any atom is -0.338 e. The van der Waals surface area contributed by atoms with Crippen molar-refractivity contribution in [3.63, 3.8) is 0 Å². The fourth-order valence-electron chi connectivity index (χ4n) is 3.15. The molecule has 0 unspecified atom stereocenters. The quantitative estimate of drug-likeness (QED) is 0.287. The van der Waals surface area contributed by atoms with Crippen LogP contribution in [0.5, 0.6) is 0 Å². The number of hydrogen-bond donors (Lipinski definition) is 2. The van der Waals surface area contributed by atoms with Gasteiger partial charge in [0.05, 0.1) is 16.6 Å². The van der Waals surface area contributed by atoms with Crippen molar-refractivity contribution in [1.82, 2.24) is 9.97 Å². The Hall–Kier alpha value is -3.10. The lowest BCUT2D eigenvalue weighted by molar-refractivity contribution is -0.140. The number of fused-ring (bicyclic) bond motifs is 1. The van der Waals surface area contributed by atoms with Gasteiger partial charge < -0.3 is 4.98 Å². The maximum Gasteiger partial charge on any atom is 0.419 e. The van der Waals surface area contributed by atoms with Gasteiger partial charge in [0.2, 0.25) is 0 Å². The maximum absolute atomic E-state index is 14.2. The number of nitrogens with one attached hydrogen (secondary N) is 1. The van der Waals surface area contributed by atoms with Crippen molar-refractivity contribution in [3.8, 4) is 11.1 Å². The van der Waals surface area contributed by atoms with Crippen LogP contribution in [-0.4, -0.2) is 9.97 Å². The summed E-state index contributed by atoms with van der Waals surface area (Å²) in [5.74, 6) is -0.906. The number of hydrogen-bond acceptors (Lipinski definition) is 3. The summed E-state index contributed by atoms with van der Waals surface area (Å²) in [6, 6.07) is 16.5. The molecule has 0 amide bonds. The highest BCUT2D eigenvalue weighted by Crippen LogP contribution is 2.33. The van der Waals surface area contributed by atoms with Gasteiger partial charge in [-0.15, -0.1) is 0 Å². The van der Waals surface area contributed by atoms with Crippen LogP contribution in [0.4, 0.5) is 17.6 Å². The first-order valence-electron chi connectivity index (χ1n) is 8.86. The molecule has 152 valence electrons. The molecule has 0 atom stereocenters. The summed E-state index contributed by atoms with van der Waals surface area (Å²) in [5.41, 5.74) is 1.88. The van der Waals surface area contributed by atoms with Crippen LogP contribution >= 0.6 is 11.9 Å². The lowest BCUT2D eigenvalue weighted by Gasteiger charge is -2.08. The highest BCUT2D eigenvalue weighted by molar-refractivity contribution is 7.97. The van der Waals surface area contributed by atoms with Gasteiger partial charge in [0, 0.05) is 10.5 Å². The molecule has 3 nitrogen and oxygen atoms in total. The van der Waals surface area contributed by atoms with Gasteiger partial charge in [0.25, 0.3) is 0 Å². The highest BCUT2D eigenvalue weighted by Gasteiger charge is 2.34. The van der Waals surface area contributed by atoms with E-state index in [4.69, 9.17) is 5.14 Å². The molecule has 3 aromatic carbocycles. The Balaban J connectivity index is 1.67. The van der Waals surface area contributed by atoms with E-state index in [1.54, 1.807) is 0 Å². The Morgan fingerprint density at radius 1 is 0.967 bits per heavy atom. The summed E-state index contributed by atoms with van der Waals surface area (Å²) in [4.78, 5) is 8.41. The lowest BCUT2D eigenvalue weighted by atomic mass is 10.1. The van der Waals surface area contributed by atoms with Crippen molar-refractivity contribution in [2.45, 2.75) is 11.1 Å². The number of rotatable bonds is 4. The Bertz CT molecular complexity index is 1240. The van der Waals surface area contributed by atoms with Crippen LogP contribution in [0.3, 0.4) is 0 Å². The number of H-pyrrole nitrogens is 1. The van der Waals surface area contributed by atoms with Gasteiger partial charge in [0.15, 0.2) is 0 Å². The number of nitrogens with two attached hydrogens (primary N) is 1. The zero-order chi connectivity index (χ0) is 21.3. The van der Waals surface area contributed by atoms with Gasteiger partial charge in [-0.05, 0) is 59.5 Å². The van der Waals surface area contributed by atoms with E-state index in [-0.39, 0.29) is 5.56 Å². The van der Waals surface area contributed by atoms with Crippen LogP contribution in [-0.2, 0) is 6.18 Å². The van der Waals surface area contributed by atoms with E-state index in [0.717, 1.165) is 33.5 Å². The predicted octanol–water partition coefficient (Wildman–Crippen LogP) is 6.52. The Morgan fingerprint density at radius 2 is 1.77 bits per heavy atom. The molecule has 4 aromatic rings. The molecule has 4 rings (SSSR count). The topological polar surface area (TPSA) is 54.7 Å². The molecule has 0 saturated heterocycles. The summed E-state index contributed by atoms with van der Waals surface area (Å²) in [7, 11) is 0. The molecule has 0 spiro atoms. The number of nitrogens with zero attached hydrogens (tertiary/aromatic N) is 1. The molecule has 8 heteroatoms. The monoisotopic (exact) mass is 429 g/mol. The molecule has 0 aliphatic carbocycles. The third kappa shape index (κ3) is 3.96. The van der Waals surface area contributed by atoms with Gasteiger partial charge in [-0.25, -0.2) is 9.37 Å². The van der Waals surface area contributed by atoms with Crippen molar-refractivity contribution in [2.24, 2.45) is 5.14 Å². The zero-order valence-corrected chi connectivity index (χ0v) is 16.2. The molecule has 0 bridgehead atoms. The second-order valence-corrected chi connectivity index (χ2v) is 7.18.